The fourth-order valence-electron chi connectivity index (χ4n) is 0.657. The van der Waals surface area contributed by atoms with Gasteiger partial charge in [-0.3, -0.25) is 0 Å². The van der Waals surface area contributed by atoms with Crippen molar-refractivity contribution in [1.82, 2.24) is 5.32 Å². The first-order valence-corrected chi connectivity index (χ1v) is 4.89. The van der Waals surface area contributed by atoms with E-state index in [2.05, 4.69) is 12.2 Å². The van der Waals surface area contributed by atoms with Crippen molar-refractivity contribution in [1.29, 1.82) is 0 Å². The molecule has 0 aromatic carbocycles. The van der Waals surface area contributed by atoms with Gasteiger partial charge in [-0.1, -0.05) is 6.92 Å². The van der Waals surface area contributed by atoms with Crippen LogP contribution in [-0.4, -0.2) is 28.7 Å². The predicted molar refractivity (Wildman–Crippen MR) is 48.2 cm³/mol. The molecule has 1 amide bonds. The molecule has 0 bridgehead atoms. The van der Waals surface area contributed by atoms with Crippen LogP contribution in [0.15, 0.2) is 0 Å². The van der Waals surface area contributed by atoms with Crippen LogP contribution in [0.25, 0.3) is 0 Å². The molecule has 66 valence electrons. The minimum Gasteiger partial charge on any atom is -0.465 e. The van der Waals surface area contributed by atoms with Gasteiger partial charge in [0.05, 0.1) is 0 Å². The van der Waals surface area contributed by atoms with E-state index in [0.717, 1.165) is 17.9 Å². The summed E-state index contributed by atoms with van der Waals surface area (Å²) in [4.78, 5) is 10.1. The van der Waals surface area contributed by atoms with Gasteiger partial charge in [-0.05, 0) is 19.1 Å². The molecule has 1 atom stereocenters. The Morgan fingerprint density at radius 2 is 2.36 bits per heavy atom. The van der Waals surface area contributed by atoms with E-state index in [0.29, 0.717) is 0 Å². The highest BCUT2D eigenvalue weighted by Gasteiger charge is 2.03. The highest BCUT2D eigenvalue weighted by molar-refractivity contribution is 7.99. The van der Waals surface area contributed by atoms with Crippen molar-refractivity contribution in [2.45, 2.75) is 26.3 Å². The Bertz CT molecular complexity index is 119. The van der Waals surface area contributed by atoms with E-state index in [1.807, 2.05) is 6.92 Å². The molecule has 0 radical (unpaired) electrons. The van der Waals surface area contributed by atoms with Crippen LogP contribution < -0.4 is 5.32 Å². The molecule has 0 rings (SSSR count). The third kappa shape index (κ3) is 7.52. The molecule has 0 aliphatic rings. The summed E-state index contributed by atoms with van der Waals surface area (Å²) in [6.07, 6.45) is 0.208. The summed E-state index contributed by atoms with van der Waals surface area (Å²) >= 11 is 1.78. The number of hydrogen-bond acceptors (Lipinski definition) is 2. The zero-order valence-electron chi connectivity index (χ0n) is 6.96. The van der Waals surface area contributed by atoms with E-state index in [4.69, 9.17) is 5.11 Å². The van der Waals surface area contributed by atoms with Gasteiger partial charge in [-0.2, -0.15) is 11.8 Å². The number of carboxylic acid groups (broad SMARTS) is 1. The van der Waals surface area contributed by atoms with Crippen LogP contribution in [0, 0.1) is 0 Å². The van der Waals surface area contributed by atoms with Gasteiger partial charge < -0.3 is 10.4 Å². The average Bonchev–Trinajstić information content (AvgIpc) is 1.86. The summed E-state index contributed by atoms with van der Waals surface area (Å²) in [5, 5.41) is 10.7. The Kier molecular flexibility index (Phi) is 6.12. The van der Waals surface area contributed by atoms with Crippen molar-refractivity contribution >= 4 is 17.9 Å². The minimum atomic E-state index is -0.936. The second kappa shape index (κ2) is 6.34. The maximum Gasteiger partial charge on any atom is 0.404 e. The summed E-state index contributed by atoms with van der Waals surface area (Å²) in [5.74, 6) is 1.96. The predicted octanol–water partition coefficient (Wildman–Crippen LogP) is 1.79. The standard InChI is InChI=1S/C7H15NO2S/c1-3-4-11-5-6(2)8-7(9)10/h6,8H,3-5H2,1-2H3,(H,9,10). The van der Waals surface area contributed by atoms with E-state index in [1.54, 1.807) is 11.8 Å². The normalized spacial score (nSPS) is 12.5. The fourth-order valence-corrected chi connectivity index (χ4v) is 1.55. The van der Waals surface area contributed by atoms with Crippen molar-refractivity contribution in [3.63, 3.8) is 0 Å². The minimum absolute atomic E-state index is 0.0593. The van der Waals surface area contributed by atoms with E-state index < -0.39 is 6.09 Å². The second-order valence-corrected chi connectivity index (χ2v) is 3.58. The molecule has 11 heavy (non-hydrogen) atoms. The Balaban J connectivity index is 3.22. The average molecular weight is 177 g/mol. The van der Waals surface area contributed by atoms with Gasteiger partial charge in [0.1, 0.15) is 0 Å². The zero-order chi connectivity index (χ0) is 8.69. The molecular weight excluding hydrogens is 162 g/mol. The first-order valence-electron chi connectivity index (χ1n) is 3.74. The van der Waals surface area contributed by atoms with E-state index in [1.165, 1.54) is 0 Å². The molecule has 1 unspecified atom stereocenters. The molecule has 0 heterocycles. The lowest BCUT2D eigenvalue weighted by molar-refractivity contribution is 0.192. The van der Waals surface area contributed by atoms with Crippen LogP contribution >= 0.6 is 11.8 Å². The maximum atomic E-state index is 10.1. The summed E-state index contributed by atoms with van der Waals surface area (Å²) < 4.78 is 0. The monoisotopic (exact) mass is 177 g/mol. The number of nitrogens with one attached hydrogen (secondary N) is 1. The number of amides is 1. The highest BCUT2D eigenvalue weighted by Crippen LogP contribution is 2.03. The Hall–Kier alpha value is -0.380. The number of rotatable bonds is 5. The lowest BCUT2D eigenvalue weighted by atomic mass is 10.4. The quantitative estimate of drug-likeness (QED) is 0.629. The molecule has 4 heteroatoms. The van der Waals surface area contributed by atoms with Crippen molar-refractivity contribution in [3.8, 4) is 0 Å². The van der Waals surface area contributed by atoms with Gasteiger partial charge in [-0.15, -0.1) is 0 Å². The third-order valence-corrected chi connectivity index (χ3v) is 2.52. The van der Waals surface area contributed by atoms with Crippen molar-refractivity contribution in [2.75, 3.05) is 11.5 Å². The van der Waals surface area contributed by atoms with Gasteiger partial charge >= 0.3 is 6.09 Å². The van der Waals surface area contributed by atoms with E-state index in [9.17, 15) is 4.79 Å². The maximum absolute atomic E-state index is 10.1. The molecule has 2 N–H and O–H groups in total. The van der Waals surface area contributed by atoms with Gasteiger partial charge in [0.25, 0.3) is 0 Å². The van der Waals surface area contributed by atoms with E-state index in [-0.39, 0.29) is 6.04 Å². The van der Waals surface area contributed by atoms with Crippen LogP contribution in [0.3, 0.4) is 0 Å². The molecule has 0 spiro atoms. The van der Waals surface area contributed by atoms with Gasteiger partial charge in [-0.25, -0.2) is 4.79 Å². The first-order chi connectivity index (χ1) is 5.16. The SMILES string of the molecule is CCCSCC(C)NC(=O)O. The third-order valence-electron chi connectivity index (χ3n) is 1.09. The van der Waals surface area contributed by atoms with Crippen LogP contribution in [0.5, 0.6) is 0 Å². The second-order valence-electron chi connectivity index (χ2n) is 2.43. The largest absolute Gasteiger partial charge is 0.465 e. The Morgan fingerprint density at radius 1 is 1.73 bits per heavy atom. The topological polar surface area (TPSA) is 49.3 Å². The molecule has 0 saturated carbocycles. The van der Waals surface area contributed by atoms with Crippen molar-refractivity contribution < 1.29 is 9.90 Å². The highest BCUT2D eigenvalue weighted by atomic mass is 32.2. The van der Waals surface area contributed by atoms with Crippen LogP contribution in [0.1, 0.15) is 20.3 Å². The molecule has 0 aromatic heterocycles. The Labute approximate surface area is 71.6 Å². The number of hydrogen-bond donors (Lipinski definition) is 2. The summed E-state index contributed by atoms with van der Waals surface area (Å²) in [6, 6.07) is 0.0593. The van der Waals surface area contributed by atoms with E-state index >= 15 is 0 Å². The van der Waals surface area contributed by atoms with Crippen molar-refractivity contribution in [3.05, 3.63) is 0 Å². The lowest BCUT2D eigenvalue weighted by Gasteiger charge is -2.09. The first kappa shape index (κ1) is 10.6. The van der Waals surface area contributed by atoms with Crippen molar-refractivity contribution in [2.24, 2.45) is 0 Å². The molecule has 0 fully saturated rings. The molecule has 0 aliphatic heterocycles. The van der Waals surface area contributed by atoms with Crippen LogP contribution in [0.4, 0.5) is 4.79 Å². The fraction of sp³-hybridized carbons (Fsp3) is 0.857. The summed E-state index contributed by atoms with van der Waals surface area (Å²) in [7, 11) is 0. The Morgan fingerprint density at radius 3 is 2.82 bits per heavy atom. The van der Waals surface area contributed by atoms with Crippen LogP contribution in [-0.2, 0) is 0 Å². The summed E-state index contributed by atoms with van der Waals surface area (Å²) in [5.41, 5.74) is 0. The molecular formula is C7H15NO2S. The van der Waals surface area contributed by atoms with Gasteiger partial charge in [0.15, 0.2) is 0 Å². The molecule has 0 aromatic rings. The van der Waals surface area contributed by atoms with Gasteiger partial charge in [0, 0.05) is 11.8 Å². The lowest BCUT2D eigenvalue weighted by Crippen LogP contribution is -2.32. The molecule has 0 saturated heterocycles. The molecule has 3 nitrogen and oxygen atoms in total. The molecule has 0 aliphatic carbocycles. The van der Waals surface area contributed by atoms with Crippen LogP contribution in [0.2, 0.25) is 0 Å². The number of carbonyl (C=O) groups is 1. The van der Waals surface area contributed by atoms with Gasteiger partial charge in [0.2, 0.25) is 0 Å². The number of thioether (sulfide) groups is 1. The zero-order valence-corrected chi connectivity index (χ0v) is 7.78. The smallest absolute Gasteiger partial charge is 0.404 e. The summed E-state index contributed by atoms with van der Waals surface area (Å²) in [6.45, 7) is 3.99.